The average molecular weight is 431 g/mol. The molecule has 0 N–H and O–H groups in total. The molecule has 0 heterocycles. The quantitative estimate of drug-likeness (QED) is 0.564. The number of carbonyl (C=O) groups is 3. The average Bonchev–Trinajstić information content (AvgIpc) is 2.73. The molecule has 0 fully saturated rings. The molecule has 8 heteroatoms. The van der Waals surface area contributed by atoms with Crippen molar-refractivity contribution in [1.82, 2.24) is 4.90 Å². The van der Waals surface area contributed by atoms with E-state index in [-0.39, 0.29) is 48.4 Å². The van der Waals surface area contributed by atoms with Gasteiger partial charge in [0.25, 0.3) is 5.91 Å². The number of halogens is 1. The lowest BCUT2D eigenvalue weighted by Crippen LogP contribution is -2.37. The highest BCUT2D eigenvalue weighted by Gasteiger charge is 2.22. The molecule has 1 atom stereocenters. The zero-order valence-electron chi connectivity index (χ0n) is 18.0. The van der Waals surface area contributed by atoms with Crippen LogP contribution < -0.4 is 4.74 Å². The number of esters is 2. The molecule has 0 radical (unpaired) electrons. The fourth-order valence-electron chi connectivity index (χ4n) is 2.88. The number of nitrogens with zero attached hydrogens (tertiary/aromatic N) is 1. The van der Waals surface area contributed by atoms with Crippen molar-refractivity contribution in [1.29, 1.82) is 0 Å². The Morgan fingerprint density at radius 1 is 0.968 bits per heavy atom. The van der Waals surface area contributed by atoms with Crippen LogP contribution in [-0.4, -0.2) is 49.1 Å². The number of hydrogen-bond acceptors (Lipinski definition) is 6. The number of hydrogen-bond donors (Lipinski definition) is 0. The van der Waals surface area contributed by atoms with Crippen molar-refractivity contribution in [2.24, 2.45) is 0 Å². The summed E-state index contributed by atoms with van der Waals surface area (Å²) in [6.07, 6.45) is -0.925. The Morgan fingerprint density at radius 2 is 1.55 bits per heavy atom. The van der Waals surface area contributed by atoms with E-state index in [2.05, 4.69) is 0 Å². The minimum absolute atomic E-state index is 0.107. The highest BCUT2D eigenvalue weighted by molar-refractivity contribution is 5.96. The molecule has 2 aromatic rings. The first-order chi connectivity index (χ1) is 14.7. The normalized spacial score (nSPS) is 11.4. The number of amides is 1. The molecule has 0 aliphatic carbocycles. The van der Waals surface area contributed by atoms with Crippen LogP contribution in [0.2, 0.25) is 0 Å². The maximum atomic E-state index is 13.4. The van der Waals surface area contributed by atoms with Crippen LogP contribution in [0.4, 0.5) is 4.39 Å². The third kappa shape index (κ3) is 6.80. The van der Waals surface area contributed by atoms with E-state index in [0.717, 1.165) is 0 Å². The van der Waals surface area contributed by atoms with Gasteiger partial charge in [-0.2, -0.15) is 0 Å². The van der Waals surface area contributed by atoms with Crippen molar-refractivity contribution < 1.29 is 33.0 Å². The highest BCUT2D eigenvalue weighted by atomic mass is 19.1. The number of carbonyl (C=O) groups excluding carboxylic acids is 3. The van der Waals surface area contributed by atoms with Gasteiger partial charge in [-0.25, -0.2) is 14.0 Å². The van der Waals surface area contributed by atoms with E-state index in [1.54, 1.807) is 40.0 Å². The molecular weight excluding hydrogens is 405 g/mol. The van der Waals surface area contributed by atoms with E-state index in [1.807, 2.05) is 0 Å². The van der Waals surface area contributed by atoms with Crippen molar-refractivity contribution in [3.8, 4) is 5.75 Å². The maximum Gasteiger partial charge on any atom is 0.338 e. The highest BCUT2D eigenvalue weighted by Crippen LogP contribution is 2.21. The lowest BCUT2D eigenvalue weighted by Gasteiger charge is -2.22. The molecule has 0 aliphatic heterocycles. The molecule has 0 saturated carbocycles. The van der Waals surface area contributed by atoms with Gasteiger partial charge in [0.15, 0.2) is 6.10 Å². The number of likely N-dealkylation sites (N-methyl/N-ethyl adjacent to an activating group) is 1. The summed E-state index contributed by atoms with van der Waals surface area (Å²) in [5, 5.41) is 0. The van der Waals surface area contributed by atoms with Gasteiger partial charge in [-0.1, -0.05) is 12.1 Å². The van der Waals surface area contributed by atoms with Crippen LogP contribution in [0.1, 0.15) is 47.1 Å². The molecule has 1 amide bonds. The third-order valence-corrected chi connectivity index (χ3v) is 4.27. The zero-order chi connectivity index (χ0) is 23.0. The van der Waals surface area contributed by atoms with E-state index < -0.39 is 18.0 Å². The monoisotopic (exact) mass is 431 g/mol. The van der Waals surface area contributed by atoms with E-state index in [4.69, 9.17) is 14.2 Å². The standard InChI is InChI=1S/C23H26FNO6/c1-5-29-22(27)17-11-18(23(28)30-6-2)13-20(12-17)31-15(3)21(26)25(4)14-16-8-7-9-19(24)10-16/h7-13,15H,5-6,14H2,1-4H3. The molecule has 2 aromatic carbocycles. The summed E-state index contributed by atoms with van der Waals surface area (Å²) in [6, 6.07) is 10.1. The molecule has 7 nitrogen and oxygen atoms in total. The van der Waals surface area contributed by atoms with Crippen LogP contribution in [0.15, 0.2) is 42.5 Å². The van der Waals surface area contributed by atoms with Gasteiger partial charge in [-0.3, -0.25) is 4.79 Å². The zero-order valence-corrected chi connectivity index (χ0v) is 18.0. The Balaban J connectivity index is 2.19. The molecule has 0 bridgehead atoms. The molecule has 0 aliphatic rings. The predicted molar refractivity (Wildman–Crippen MR) is 111 cm³/mol. The Hall–Kier alpha value is -3.42. The molecular formula is C23H26FNO6. The lowest BCUT2D eigenvalue weighted by molar-refractivity contribution is -0.137. The second kappa shape index (κ2) is 11.1. The Kier molecular flexibility index (Phi) is 8.54. The first-order valence-electron chi connectivity index (χ1n) is 9.90. The van der Waals surface area contributed by atoms with Crippen molar-refractivity contribution in [3.05, 3.63) is 65.0 Å². The smallest absolute Gasteiger partial charge is 0.338 e. The molecule has 0 saturated heterocycles. The van der Waals surface area contributed by atoms with Gasteiger partial charge < -0.3 is 19.1 Å². The van der Waals surface area contributed by atoms with Gasteiger partial charge in [0, 0.05) is 13.6 Å². The summed E-state index contributed by atoms with van der Waals surface area (Å²) in [4.78, 5) is 38.4. The van der Waals surface area contributed by atoms with Crippen molar-refractivity contribution in [3.63, 3.8) is 0 Å². The molecule has 1 unspecified atom stereocenters. The van der Waals surface area contributed by atoms with E-state index in [0.29, 0.717) is 5.56 Å². The van der Waals surface area contributed by atoms with E-state index >= 15 is 0 Å². The Labute approximate surface area is 180 Å². The number of benzene rings is 2. The lowest BCUT2D eigenvalue weighted by atomic mass is 10.1. The van der Waals surface area contributed by atoms with Crippen LogP contribution in [0.3, 0.4) is 0 Å². The minimum atomic E-state index is -0.925. The third-order valence-electron chi connectivity index (χ3n) is 4.27. The Morgan fingerprint density at radius 3 is 2.06 bits per heavy atom. The largest absolute Gasteiger partial charge is 0.481 e. The maximum absolute atomic E-state index is 13.4. The van der Waals surface area contributed by atoms with Crippen LogP contribution in [0.25, 0.3) is 0 Å². The van der Waals surface area contributed by atoms with Crippen LogP contribution in [0, 0.1) is 5.82 Å². The first-order valence-corrected chi connectivity index (χ1v) is 9.90. The van der Waals surface area contributed by atoms with Gasteiger partial charge in [0.2, 0.25) is 0 Å². The second-order valence-corrected chi connectivity index (χ2v) is 6.77. The van der Waals surface area contributed by atoms with Gasteiger partial charge in [0.1, 0.15) is 11.6 Å². The second-order valence-electron chi connectivity index (χ2n) is 6.77. The van der Waals surface area contributed by atoms with Crippen LogP contribution >= 0.6 is 0 Å². The topological polar surface area (TPSA) is 82.1 Å². The van der Waals surface area contributed by atoms with Gasteiger partial charge in [0.05, 0.1) is 24.3 Å². The minimum Gasteiger partial charge on any atom is -0.481 e. The fourth-order valence-corrected chi connectivity index (χ4v) is 2.88. The van der Waals surface area contributed by atoms with Crippen molar-refractivity contribution in [2.45, 2.75) is 33.4 Å². The SMILES string of the molecule is CCOC(=O)c1cc(OC(C)C(=O)N(C)Cc2cccc(F)c2)cc(C(=O)OCC)c1. The first kappa shape index (κ1) is 23.9. The summed E-state index contributed by atoms with van der Waals surface area (Å²) < 4.78 is 29.1. The van der Waals surface area contributed by atoms with Gasteiger partial charge in [-0.05, 0) is 56.7 Å². The summed E-state index contributed by atoms with van der Waals surface area (Å²) in [7, 11) is 1.58. The molecule has 0 aromatic heterocycles. The van der Waals surface area contributed by atoms with Crippen LogP contribution in [0.5, 0.6) is 5.75 Å². The summed E-state index contributed by atoms with van der Waals surface area (Å²) >= 11 is 0. The molecule has 166 valence electrons. The molecule has 0 spiro atoms. The summed E-state index contributed by atoms with van der Waals surface area (Å²) in [5.41, 5.74) is 0.849. The molecule has 31 heavy (non-hydrogen) atoms. The van der Waals surface area contributed by atoms with Crippen LogP contribution in [-0.2, 0) is 20.8 Å². The summed E-state index contributed by atoms with van der Waals surface area (Å²) in [5.74, 6) is -1.84. The van der Waals surface area contributed by atoms with Crippen molar-refractivity contribution in [2.75, 3.05) is 20.3 Å². The fraction of sp³-hybridized carbons (Fsp3) is 0.348. The van der Waals surface area contributed by atoms with Gasteiger partial charge in [-0.15, -0.1) is 0 Å². The number of rotatable bonds is 9. The predicted octanol–water partition coefficient (Wildman–Crippen LogP) is 3.61. The van der Waals surface area contributed by atoms with Crippen molar-refractivity contribution >= 4 is 17.8 Å². The number of ether oxygens (including phenoxy) is 3. The van der Waals surface area contributed by atoms with Gasteiger partial charge >= 0.3 is 11.9 Å². The van der Waals surface area contributed by atoms with E-state index in [9.17, 15) is 18.8 Å². The summed E-state index contributed by atoms with van der Waals surface area (Å²) in [6.45, 7) is 5.41. The Bertz CT molecular complexity index is 909. The molecule has 2 rings (SSSR count). The van der Waals surface area contributed by atoms with E-state index in [1.165, 1.54) is 35.2 Å².